The third kappa shape index (κ3) is 4.59. The van der Waals surface area contributed by atoms with Crippen LogP contribution in [0.15, 0.2) is 18.2 Å². The van der Waals surface area contributed by atoms with E-state index in [2.05, 4.69) is 15.3 Å². The van der Waals surface area contributed by atoms with Crippen LogP contribution in [0, 0.1) is 6.92 Å². The monoisotopic (exact) mass is 445 g/mol. The number of aryl methyl sites for hydroxylation is 1. The number of amides is 1. The van der Waals surface area contributed by atoms with Gasteiger partial charge in [-0.3, -0.25) is 4.79 Å². The summed E-state index contributed by atoms with van der Waals surface area (Å²) in [5, 5.41) is 3.58. The molecular weight excluding hydrogens is 422 g/mol. The van der Waals surface area contributed by atoms with Gasteiger partial charge in [-0.1, -0.05) is 6.07 Å². The quantitative estimate of drug-likeness (QED) is 0.527. The lowest BCUT2D eigenvalue weighted by Gasteiger charge is -2.10. The summed E-state index contributed by atoms with van der Waals surface area (Å²) in [4.78, 5) is 34.8. The molecule has 3 aromatic rings. The summed E-state index contributed by atoms with van der Waals surface area (Å²) in [6.07, 6.45) is 0. The van der Waals surface area contributed by atoms with Crippen molar-refractivity contribution in [2.75, 3.05) is 28.4 Å². The molecule has 0 saturated heterocycles. The summed E-state index contributed by atoms with van der Waals surface area (Å²) in [7, 11) is 5.86. The maximum absolute atomic E-state index is 12.9. The second-order valence-electron chi connectivity index (χ2n) is 6.53. The zero-order valence-corrected chi connectivity index (χ0v) is 18.7. The summed E-state index contributed by atoms with van der Waals surface area (Å²) in [5.41, 5.74) is 1.76. The van der Waals surface area contributed by atoms with Gasteiger partial charge in [0.25, 0.3) is 5.91 Å². The smallest absolute Gasteiger partial charge is 0.341 e. The molecule has 3 rings (SSSR count). The van der Waals surface area contributed by atoms with Gasteiger partial charge in [0, 0.05) is 13.7 Å². The third-order valence-corrected chi connectivity index (χ3v) is 5.78. The van der Waals surface area contributed by atoms with Gasteiger partial charge < -0.3 is 24.3 Å². The Morgan fingerprint density at radius 3 is 2.52 bits per heavy atom. The molecule has 1 N–H and O–H groups in total. The Hall–Kier alpha value is -3.24. The lowest BCUT2D eigenvalue weighted by atomic mass is 10.1. The molecule has 164 valence electrons. The number of rotatable bonds is 8. The average molecular weight is 445 g/mol. The Morgan fingerprint density at radius 1 is 1.10 bits per heavy atom. The molecule has 0 spiro atoms. The molecule has 0 radical (unpaired) electrons. The van der Waals surface area contributed by atoms with Gasteiger partial charge in [-0.15, -0.1) is 11.3 Å². The summed E-state index contributed by atoms with van der Waals surface area (Å²) in [5.74, 6) is 0.519. The van der Waals surface area contributed by atoms with E-state index >= 15 is 0 Å². The molecule has 10 heteroatoms. The second kappa shape index (κ2) is 9.71. The van der Waals surface area contributed by atoms with Crippen LogP contribution in [-0.4, -0.2) is 50.3 Å². The van der Waals surface area contributed by atoms with Gasteiger partial charge in [-0.25, -0.2) is 9.78 Å². The summed E-state index contributed by atoms with van der Waals surface area (Å²) < 4.78 is 20.5. The van der Waals surface area contributed by atoms with E-state index in [1.165, 1.54) is 32.7 Å². The highest BCUT2D eigenvalue weighted by Crippen LogP contribution is 2.35. The first-order valence-corrected chi connectivity index (χ1v) is 10.1. The van der Waals surface area contributed by atoms with Crippen LogP contribution in [0.1, 0.15) is 37.0 Å². The fourth-order valence-electron chi connectivity index (χ4n) is 3.10. The zero-order valence-electron chi connectivity index (χ0n) is 17.9. The Labute approximate surface area is 183 Å². The number of carbonyl (C=O) groups excluding carboxylic acids is 2. The topological polar surface area (TPSA) is 109 Å². The molecule has 1 aromatic carbocycles. The fourth-order valence-corrected chi connectivity index (χ4v) is 4.21. The normalized spacial score (nSPS) is 10.7. The number of fused-ring (bicyclic) bond motifs is 1. The number of aromatic nitrogens is 2. The van der Waals surface area contributed by atoms with Crippen LogP contribution >= 0.6 is 11.3 Å². The minimum absolute atomic E-state index is 0.220. The SMILES string of the molecule is COCc1nc(OC)c2c(C)c(C(=O)NCc3ccc(OC)c(C(=O)OC)c3)sc2n1. The lowest BCUT2D eigenvalue weighted by Crippen LogP contribution is -2.22. The van der Waals surface area contributed by atoms with E-state index in [1.54, 1.807) is 25.3 Å². The standard InChI is InChI=1S/C21H23N3O6S/c1-11-16-19(29-4)23-15(10-27-2)24-20(16)31-17(11)18(25)22-9-12-6-7-14(28-3)13(8-12)21(26)30-5/h6-8H,9-10H2,1-5H3,(H,22,25). The van der Waals surface area contributed by atoms with E-state index < -0.39 is 5.97 Å². The first kappa shape index (κ1) is 22.4. The van der Waals surface area contributed by atoms with Gasteiger partial charge in [0.15, 0.2) is 5.82 Å². The van der Waals surface area contributed by atoms with E-state index in [4.69, 9.17) is 18.9 Å². The molecule has 0 aliphatic rings. The molecule has 0 saturated carbocycles. The maximum Gasteiger partial charge on any atom is 0.341 e. The largest absolute Gasteiger partial charge is 0.496 e. The van der Waals surface area contributed by atoms with Crippen molar-refractivity contribution < 1.29 is 28.5 Å². The van der Waals surface area contributed by atoms with Crippen LogP contribution < -0.4 is 14.8 Å². The van der Waals surface area contributed by atoms with Gasteiger partial charge in [-0.05, 0) is 30.2 Å². The van der Waals surface area contributed by atoms with Crippen molar-refractivity contribution in [1.82, 2.24) is 15.3 Å². The van der Waals surface area contributed by atoms with Crippen molar-refractivity contribution in [2.24, 2.45) is 0 Å². The number of ether oxygens (including phenoxy) is 4. The number of methoxy groups -OCH3 is 4. The highest BCUT2D eigenvalue weighted by Gasteiger charge is 2.21. The predicted octanol–water partition coefficient (Wildman–Crippen LogP) is 2.88. The van der Waals surface area contributed by atoms with E-state index in [-0.39, 0.29) is 19.1 Å². The van der Waals surface area contributed by atoms with Crippen molar-refractivity contribution >= 4 is 33.4 Å². The van der Waals surface area contributed by atoms with Gasteiger partial charge in [0.1, 0.15) is 22.8 Å². The number of esters is 1. The molecular formula is C21H23N3O6S. The van der Waals surface area contributed by atoms with Gasteiger partial charge in [0.2, 0.25) is 5.88 Å². The van der Waals surface area contributed by atoms with Crippen molar-refractivity contribution in [3.8, 4) is 11.6 Å². The van der Waals surface area contributed by atoms with Crippen LogP contribution in [-0.2, 0) is 22.6 Å². The molecule has 0 aliphatic carbocycles. The number of benzene rings is 1. The Kier molecular flexibility index (Phi) is 7.03. The maximum atomic E-state index is 12.9. The van der Waals surface area contributed by atoms with Crippen LogP contribution in [0.3, 0.4) is 0 Å². The number of thiophene rings is 1. The summed E-state index contributed by atoms with van der Waals surface area (Å²) in [6.45, 7) is 2.29. The first-order valence-electron chi connectivity index (χ1n) is 9.29. The van der Waals surface area contributed by atoms with Crippen molar-refractivity contribution in [1.29, 1.82) is 0 Å². The number of hydrogen-bond acceptors (Lipinski definition) is 9. The molecule has 0 fully saturated rings. The Morgan fingerprint density at radius 2 is 1.87 bits per heavy atom. The average Bonchev–Trinajstić information content (AvgIpc) is 3.12. The molecule has 9 nitrogen and oxygen atoms in total. The van der Waals surface area contributed by atoms with Crippen molar-refractivity contribution in [2.45, 2.75) is 20.1 Å². The van der Waals surface area contributed by atoms with Crippen molar-refractivity contribution in [3.63, 3.8) is 0 Å². The molecule has 31 heavy (non-hydrogen) atoms. The van der Waals surface area contributed by atoms with Gasteiger partial charge in [-0.2, -0.15) is 4.98 Å². The minimum atomic E-state index is -0.511. The molecule has 2 heterocycles. The van der Waals surface area contributed by atoms with Crippen LogP contribution in [0.5, 0.6) is 11.6 Å². The van der Waals surface area contributed by atoms with E-state index in [9.17, 15) is 9.59 Å². The molecule has 0 atom stereocenters. The zero-order chi connectivity index (χ0) is 22.5. The molecule has 1 amide bonds. The van der Waals surface area contributed by atoms with E-state index in [0.29, 0.717) is 38.1 Å². The van der Waals surface area contributed by atoms with Crippen LogP contribution in [0.25, 0.3) is 10.2 Å². The second-order valence-corrected chi connectivity index (χ2v) is 7.53. The highest BCUT2D eigenvalue weighted by molar-refractivity contribution is 7.20. The molecule has 2 aromatic heterocycles. The van der Waals surface area contributed by atoms with Crippen LogP contribution in [0.4, 0.5) is 0 Å². The molecule has 0 unspecified atom stereocenters. The number of nitrogens with one attached hydrogen (secondary N) is 1. The molecule has 0 aliphatic heterocycles. The predicted molar refractivity (Wildman–Crippen MR) is 115 cm³/mol. The highest BCUT2D eigenvalue weighted by atomic mass is 32.1. The number of carbonyl (C=O) groups is 2. The minimum Gasteiger partial charge on any atom is -0.496 e. The lowest BCUT2D eigenvalue weighted by molar-refractivity contribution is 0.0597. The van der Waals surface area contributed by atoms with Gasteiger partial charge >= 0.3 is 5.97 Å². The Bertz CT molecular complexity index is 1130. The summed E-state index contributed by atoms with van der Waals surface area (Å²) in [6, 6.07) is 5.07. The number of nitrogens with zero attached hydrogens (tertiary/aromatic N) is 2. The third-order valence-electron chi connectivity index (χ3n) is 4.60. The van der Waals surface area contributed by atoms with Crippen LogP contribution in [0.2, 0.25) is 0 Å². The first-order chi connectivity index (χ1) is 14.9. The number of hydrogen-bond donors (Lipinski definition) is 1. The Balaban J connectivity index is 1.85. The fraction of sp³-hybridized carbons (Fsp3) is 0.333. The van der Waals surface area contributed by atoms with Crippen molar-refractivity contribution in [3.05, 3.63) is 45.6 Å². The van der Waals surface area contributed by atoms with E-state index in [1.807, 2.05) is 6.92 Å². The molecule has 0 bridgehead atoms. The summed E-state index contributed by atoms with van der Waals surface area (Å²) >= 11 is 1.26. The van der Waals surface area contributed by atoms with E-state index in [0.717, 1.165) is 11.1 Å². The van der Waals surface area contributed by atoms with Gasteiger partial charge in [0.05, 0.1) is 31.6 Å².